The molecule has 9 heteroatoms. The van der Waals surface area contributed by atoms with Gasteiger partial charge in [-0.05, 0) is 69.6 Å². The summed E-state index contributed by atoms with van der Waals surface area (Å²) in [4.78, 5) is 0. The van der Waals surface area contributed by atoms with Crippen LogP contribution in [0.15, 0.2) is 0 Å². The van der Waals surface area contributed by atoms with Gasteiger partial charge in [-0.2, -0.15) is 4.31 Å². The summed E-state index contributed by atoms with van der Waals surface area (Å²) in [5.41, 5.74) is 0. The molecule has 7 nitrogen and oxygen atoms in total. The van der Waals surface area contributed by atoms with E-state index < -0.39 is 19.9 Å². The number of ether oxygens (including phenoxy) is 2. The molecule has 0 amide bonds. The Hall–Kier alpha value is -0.220. The van der Waals surface area contributed by atoms with Crippen LogP contribution in [-0.4, -0.2) is 74.9 Å². The second-order valence-electron chi connectivity index (χ2n) is 10.9. The highest BCUT2D eigenvalue weighted by Gasteiger charge is 2.50. The monoisotopic (exact) mass is 489 g/mol. The fourth-order valence-corrected chi connectivity index (χ4v) is 12.1. The highest BCUT2D eigenvalue weighted by molar-refractivity contribution is 7.92. The summed E-state index contributed by atoms with van der Waals surface area (Å²) in [7, 11) is -6.56. The Morgan fingerprint density at radius 1 is 0.719 bits per heavy atom. The second-order valence-corrected chi connectivity index (χ2v) is 15.6. The van der Waals surface area contributed by atoms with E-state index in [1.807, 2.05) is 0 Å². The molecule has 2 saturated heterocycles. The van der Waals surface area contributed by atoms with Gasteiger partial charge in [-0.15, -0.1) is 0 Å². The zero-order chi connectivity index (χ0) is 22.5. The maximum Gasteiger partial charge on any atom is 0.217 e. The van der Waals surface area contributed by atoms with E-state index >= 15 is 0 Å². The molecule has 5 fully saturated rings. The summed E-state index contributed by atoms with van der Waals surface area (Å²) < 4.78 is 67.3. The highest BCUT2D eigenvalue weighted by atomic mass is 32.2. The molecule has 5 rings (SSSR count). The molecule has 8 unspecified atom stereocenters. The van der Waals surface area contributed by atoms with Crippen LogP contribution in [0.5, 0.6) is 0 Å². The molecule has 184 valence electrons. The molecule has 0 aromatic rings. The number of rotatable bonds is 4. The molecule has 0 aromatic carbocycles. The van der Waals surface area contributed by atoms with Crippen molar-refractivity contribution in [2.24, 2.45) is 11.8 Å². The molecule has 0 N–H and O–H groups in total. The Balaban J connectivity index is 1.24. The summed E-state index contributed by atoms with van der Waals surface area (Å²) in [5.74, 6) is 0.640. The van der Waals surface area contributed by atoms with Crippen molar-refractivity contribution in [3.05, 3.63) is 0 Å². The molecule has 0 aromatic heterocycles. The van der Waals surface area contributed by atoms with Crippen molar-refractivity contribution in [2.45, 2.75) is 112 Å². The molecule has 32 heavy (non-hydrogen) atoms. The van der Waals surface area contributed by atoms with Crippen molar-refractivity contribution in [2.75, 3.05) is 19.8 Å². The first kappa shape index (κ1) is 23.5. The van der Waals surface area contributed by atoms with E-state index in [2.05, 4.69) is 6.92 Å². The molecule has 0 bridgehead atoms. The van der Waals surface area contributed by atoms with Gasteiger partial charge in [0.2, 0.25) is 10.0 Å². The SMILES string of the molecule is CC1CCCC(S(=O)(=O)N2CCC3CC(S(=O)(=O)C4CCC5OCCOC5C4)CCC32)C1. The van der Waals surface area contributed by atoms with Crippen LogP contribution in [0, 0.1) is 11.8 Å². The lowest BCUT2D eigenvalue weighted by Crippen LogP contribution is -2.50. The van der Waals surface area contributed by atoms with Gasteiger partial charge in [0, 0.05) is 12.6 Å². The van der Waals surface area contributed by atoms with E-state index in [9.17, 15) is 16.8 Å². The molecule has 3 aliphatic carbocycles. The number of hydrogen-bond donors (Lipinski definition) is 0. The predicted molar refractivity (Wildman–Crippen MR) is 123 cm³/mol. The van der Waals surface area contributed by atoms with E-state index in [1.54, 1.807) is 4.31 Å². The van der Waals surface area contributed by atoms with E-state index in [4.69, 9.17) is 9.47 Å². The Kier molecular flexibility index (Phi) is 6.69. The Labute approximate surface area is 193 Å². The lowest BCUT2D eigenvalue weighted by Gasteiger charge is -2.41. The van der Waals surface area contributed by atoms with Crippen LogP contribution < -0.4 is 0 Å². The number of nitrogens with zero attached hydrogens (tertiary/aromatic N) is 1. The van der Waals surface area contributed by atoms with Crippen LogP contribution in [0.3, 0.4) is 0 Å². The Bertz CT molecular complexity index is 890. The standard InChI is InChI=1S/C23H39NO6S2/c1-16-3-2-4-20(13-16)32(27,28)24-10-9-17-14-18(5-7-21(17)24)31(25,26)19-6-8-22-23(15-19)30-12-11-29-22/h16-23H,2-15H2,1H3. The van der Waals surface area contributed by atoms with Gasteiger partial charge >= 0.3 is 0 Å². The quantitative estimate of drug-likeness (QED) is 0.603. The molecule has 5 aliphatic rings. The van der Waals surface area contributed by atoms with Crippen LogP contribution in [0.2, 0.25) is 0 Å². The topological polar surface area (TPSA) is 90.0 Å². The molecule has 2 heterocycles. The Morgan fingerprint density at radius 2 is 1.44 bits per heavy atom. The van der Waals surface area contributed by atoms with Gasteiger partial charge in [-0.25, -0.2) is 16.8 Å². The van der Waals surface area contributed by atoms with Crippen LogP contribution in [-0.2, 0) is 29.3 Å². The third-order valence-electron chi connectivity index (χ3n) is 8.98. The second kappa shape index (κ2) is 9.10. The average molecular weight is 490 g/mol. The lowest BCUT2D eigenvalue weighted by molar-refractivity contribution is -0.153. The number of fused-ring (bicyclic) bond motifs is 2. The van der Waals surface area contributed by atoms with Crippen LogP contribution in [0.4, 0.5) is 0 Å². The van der Waals surface area contributed by atoms with E-state index in [1.165, 1.54) is 0 Å². The summed E-state index contributed by atoms with van der Waals surface area (Å²) >= 11 is 0. The minimum absolute atomic E-state index is 0.00510. The fraction of sp³-hybridized carbons (Fsp3) is 1.00. The van der Waals surface area contributed by atoms with E-state index in [-0.39, 0.29) is 39.9 Å². The van der Waals surface area contributed by atoms with Gasteiger partial charge < -0.3 is 9.47 Å². The first-order chi connectivity index (χ1) is 15.3. The van der Waals surface area contributed by atoms with E-state index in [0.29, 0.717) is 57.8 Å². The minimum atomic E-state index is -3.30. The van der Waals surface area contributed by atoms with Gasteiger partial charge in [0.1, 0.15) is 0 Å². The molecule has 2 aliphatic heterocycles. The van der Waals surface area contributed by atoms with Crippen molar-refractivity contribution >= 4 is 19.9 Å². The molecular weight excluding hydrogens is 450 g/mol. The van der Waals surface area contributed by atoms with Crippen molar-refractivity contribution < 1.29 is 26.3 Å². The summed E-state index contributed by atoms with van der Waals surface area (Å²) in [6.07, 6.45) is 8.20. The fourth-order valence-electron chi connectivity index (χ4n) is 7.21. The van der Waals surface area contributed by atoms with Gasteiger partial charge in [-0.3, -0.25) is 0 Å². The first-order valence-corrected chi connectivity index (χ1v) is 15.8. The predicted octanol–water partition coefficient (Wildman–Crippen LogP) is 2.89. The molecule has 8 atom stereocenters. The lowest BCUT2D eigenvalue weighted by atomic mass is 9.85. The zero-order valence-electron chi connectivity index (χ0n) is 19.2. The van der Waals surface area contributed by atoms with Gasteiger partial charge in [-0.1, -0.05) is 19.8 Å². The number of hydrogen-bond acceptors (Lipinski definition) is 6. The highest BCUT2D eigenvalue weighted by Crippen LogP contribution is 2.44. The molecule has 0 radical (unpaired) electrons. The van der Waals surface area contributed by atoms with Crippen LogP contribution >= 0.6 is 0 Å². The van der Waals surface area contributed by atoms with Crippen molar-refractivity contribution in [3.8, 4) is 0 Å². The number of sulfonamides is 1. The summed E-state index contributed by atoms with van der Waals surface area (Å²) in [6, 6.07) is -0.00510. The minimum Gasteiger partial charge on any atom is -0.373 e. The van der Waals surface area contributed by atoms with Crippen LogP contribution in [0.1, 0.15) is 77.6 Å². The average Bonchev–Trinajstić information content (AvgIpc) is 3.23. The van der Waals surface area contributed by atoms with Crippen LogP contribution in [0.25, 0.3) is 0 Å². The molecule has 0 spiro atoms. The van der Waals surface area contributed by atoms with Crippen molar-refractivity contribution in [3.63, 3.8) is 0 Å². The summed E-state index contributed by atoms with van der Waals surface area (Å²) in [5, 5.41) is -0.941. The van der Waals surface area contributed by atoms with Gasteiger partial charge in [0.25, 0.3) is 0 Å². The van der Waals surface area contributed by atoms with Gasteiger partial charge in [0.15, 0.2) is 9.84 Å². The van der Waals surface area contributed by atoms with Crippen molar-refractivity contribution in [1.82, 2.24) is 4.31 Å². The molecule has 3 saturated carbocycles. The third-order valence-corrected chi connectivity index (χ3v) is 14.1. The zero-order valence-corrected chi connectivity index (χ0v) is 20.9. The Morgan fingerprint density at radius 3 is 2.22 bits per heavy atom. The largest absolute Gasteiger partial charge is 0.373 e. The van der Waals surface area contributed by atoms with E-state index in [0.717, 1.165) is 38.5 Å². The maximum atomic E-state index is 13.5. The van der Waals surface area contributed by atoms with Gasteiger partial charge in [0.05, 0.1) is 41.2 Å². The smallest absolute Gasteiger partial charge is 0.217 e. The third kappa shape index (κ3) is 4.30. The summed E-state index contributed by atoms with van der Waals surface area (Å²) in [6.45, 7) is 3.87. The maximum absolute atomic E-state index is 13.5. The first-order valence-electron chi connectivity index (χ1n) is 12.7. The normalized spacial score (nSPS) is 44.0. The number of sulfone groups is 1. The molecular formula is C23H39NO6S2. The van der Waals surface area contributed by atoms with Crippen molar-refractivity contribution in [1.29, 1.82) is 0 Å².